The number of aryl methyl sites for hydroxylation is 2. The van der Waals surface area contributed by atoms with Crippen molar-refractivity contribution < 1.29 is 54.6 Å². The minimum atomic E-state index is -2.25. The van der Waals surface area contributed by atoms with Gasteiger partial charge in [0, 0.05) is 12.4 Å². The Kier molecular flexibility index (Phi) is 9.75. The third-order valence-electron chi connectivity index (χ3n) is 7.39. The van der Waals surface area contributed by atoms with E-state index >= 15 is 0 Å². The number of H-pyrrole nitrogens is 2. The average molecular weight is 673 g/mol. The molecule has 21 nitrogen and oxygen atoms in total. The number of nitrogens with two attached hydrogens (primary N) is 2. The second-order valence-electron chi connectivity index (χ2n) is 10.5. The quantitative estimate of drug-likeness (QED) is 0.0518. The fraction of sp³-hybridized carbons (Fsp3) is 0.500. The monoisotopic (exact) mass is 672 g/mol. The van der Waals surface area contributed by atoms with Gasteiger partial charge < -0.3 is 65.6 Å². The average Bonchev–Trinajstić information content (AvgIpc) is 3.69. The minimum Gasteiger partial charge on any atom is -0.394 e. The highest BCUT2D eigenvalue weighted by Crippen LogP contribution is 2.37. The fourth-order valence-electron chi connectivity index (χ4n) is 5.26. The Labute approximate surface area is 258 Å². The molecule has 3 unspecified atom stereocenters. The van der Waals surface area contributed by atoms with Gasteiger partial charge in [-0.3, -0.25) is 19.6 Å². The lowest BCUT2D eigenvalue weighted by atomic mass is 10.1. The molecule has 2 aliphatic rings. The Morgan fingerprint density at radius 2 is 1.33 bits per heavy atom. The number of nitrogens with zero attached hydrogens (tertiary/aromatic N) is 4. The van der Waals surface area contributed by atoms with Crippen LogP contribution in [0.2, 0.25) is 0 Å². The lowest BCUT2D eigenvalue weighted by Crippen LogP contribution is -2.33. The van der Waals surface area contributed by atoms with Crippen molar-refractivity contribution in [1.29, 1.82) is 0 Å². The standard InChI is InChI=1S/C12H17N4O8P.C12H16N4O5/c1-4-2-16(8-5(4)9(20)15-12(13)14-8)10-6(18)7(19)11(22-10)23-24-25(21)3-17;1-4-2-16(9-6(4)10(20)15-12(13)14-9)11-8(19)7(18)5(3-17)21-11/h2,6-7,10-11,17-19,21H,3H2,1H3,(H3,13,14,15,20);2,5,7-8,11,17-19H,3H2,1H3,(H3,13,14,15,20)/t6-,7?,10+,11+,25?;5-,7?,8+,11-/m01/s1. The van der Waals surface area contributed by atoms with E-state index in [1.807, 2.05) is 0 Å². The van der Waals surface area contributed by atoms with E-state index in [2.05, 4.69) is 24.6 Å². The summed E-state index contributed by atoms with van der Waals surface area (Å²) >= 11 is 0. The summed E-state index contributed by atoms with van der Waals surface area (Å²) in [4.78, 5) is 50.7. The summed E-state index contributed by atoms with van der Waals surface area (Å²) in [5.74, 6) is -0.173. The maximum absolute atomic E-state index is 12.0. The summed E-state index contributed by atoms with van der Waals surface area (Å²) in [6.45, 7) is 2.96. The molecule has 6 heterocycles. The van der Waals surface area contributed by atoms with Gasteiger partial charge >= 0.3 is 0 Å². The Bertz CT molecular complexity index is 1830. The summed E-state index contributed by atoms with van der Waals surface area (Å²) in [6.07, 6.45) is -7.42. The molecule has 252 valence electrons. The molecule has 6 rings (SSSR count). The SMILES string of the molecule is Cc1cn([C@@H]2O[C@H](CO)C(O)[C@@H]2O)c2nc(N)[nH]c(=O)c12.Cc1cn([C@@H]2O[C@H](OOP(O)CO)C(O)[C@@H]2O)c2nc(N)[nH]c(=O)c12. The molecule has 22 heteroatoms. The van der Waals surface area contributed by atoms with Gasteiger partial charge in [-0.15, -0.1) is 0 Å². The molecule has 0 radical (unpaired) electrons. The van der Waals surface area contributed by atoms with Crippen LogP contribution in [0.4, 0.5) is 11.9 Å². The molecule has 9 atom stereocenters. The summed E-state index contributed by atoms with van der Waals surface area (Å²) in [5.41, 5.74) is 11.9. The molecule has 0 aromatic carbocycles. The van der Waals surface area contributed by atoms with Crippen molar-refractivity contribution in [2.45, 2.75) is 63.1 Å². The molecular formula is C24H33N8O13P. The first-order valence-corrected chi connectivity index (χ1v) is 15.0. The molecule has 2 aliphatic heterocycles. The number of rotatable bonds is 7. The highest BCUT2D eigenvalue weighted by molar-refractivity contribution is 7.45. The molecule has 2 saturated heterocycles. The van der Waals surface area contributed by atoms with Crippen LogP contribution < -0.4 is 22.6 Å². The van der Waals surface area contributed by atoms with Crippen LogP contribution in [0.15, 0.2) is 22.0 Å². The number of hydrogen-bond donors (Lipinski definition) is 11. The first kappa shape index (κ1) is 33.8. The highest BCUT2D eigenvalue weighted by Gasteiger charge is 2.46. The smallest absolute Gasteiger partial charge is 0.262 e. The van der Waals surface area contributed by atoms with Crippen molar-refractivity contribution >= 4 is 42.3 Å². The molecule has 0 bridgehead atoms. The Hall–Kier alpha value is -3.57. The molecular weight excluding hydrogens is 639 g/mol. The second kappa shape index (κ2) is 13.3. The van der Waals surface area contributed by atoms with Crippen molar-refractivity contribution in [2.75, 3.05) is 24.4 Å². The predicted octanol–water partition coefficient (Wildman–Crippen LogP) is -3.38. The van der Waals surface area contributed by atoms with E-state index in [1.54, 1.807) is 20.0 Å². The van der Waals surface area contributed by atoms with E-state index in [9.17, 15) is 30.0 Å². The van der Waals surface area contributed by atoms with E-state index < -0.39 is 76.2 Å². The van der Waals surface area contributed by atoms with Crippen molar-refractivity contribution in [3.8, 4) is 0 Å². The summed E-state index contributed by atoms with van der Waals surface area (Å²) in [5, 5.41) is 58.6. The Morgan fingerprint density at radius 3 is 1.78 bits per heavy atom. The molecule has 0 saturated carbocycles. The second-order valence-corrected chi connectivity index (χ2v) is 11.6. The Balaban J connectivity index is 0.000000184. The molecule has 0 spiro atoms. The summed E-state index contributed by atoms with van der Waals surface area (Å²) in [7, 11) is -2.25. The van der Waals surface area contributed by atoms with Crippen LogP contribution in [-0.2, 0) is 19.0 Å². The number of aromatic nitrogens is 6. The predicted molar refractivity (Wildman–Crippen MR) is 156 cm³/mol. The normalized spacial score (nSPS) is 28.5. The van der Waals surface area contributed by atoms with Crippen LogP contribution in [0.5, 0.6) is 0 Å². The first-order valence-electron chi connectivity index (χ1n) is 13.6. The van der Waals surface area contributed by atoms with Gasteiger partial charge in [0.2, 0.25) is 26.6 Å². The molecule has 46 heavy (non-hydrogen) atoms. The molecule has 0 aliphatic carbocycles. The molecule has 2 fully saturated rings. The van der Waals surface area contributed by atoms with Crippen LogP contribution >= 0.6 is 8.38 Å². The molecule has 13 N–H and O–H groups in total. The van der Waals surface area contributed by atoms with Crippen LogP contribution in [0.1, 0.15) is 23.6 Å². The van der Waals surface area contributed by atoms with Gasteiger partial charge in [-0.1, -0.05) is 0 Å². The third-order valence-corrected chi connectivity index (χ3v) is 7.89. The molecule has 4 aromatic heterocycles. The van der Waals surface area contributed by atoms with Gasteiger partial charge in [-0.05, 0) is 25.0 Å². The number of nitrogen functional groups attached to an aromatic ring is 2. The maximum Gasteiger partial charge on any atom is 0.262 e. The number of aliphatic hydroxyl groups is 6. The van der Waals surface area contributed by atoms with E-state index in [0.29, 0.717) is 16.5 Å². The topological polar surface area (TPSA) is 332 Å². The van der Waals surface area contributed by atoms with Gasteiger partial charge in [0.25, 0.3) is 11.1 Å². The maximum atomic E-state index is 12.0. The van der Waals surface area contributed by atoms with Gasteiger partial charge in [0.15, 0.2) is 23.8 Å². The number of aromatic amines is 2. The lowest BCUT2D eigenvalue weighted by Gasteiger charge is -2.17. The van der Waals surface area contributed by atoms with Crippen LogP contribution in [-0.4, -0.2) is 114 Å². The third kappa shape index (κ3) is 6.11. The summed E-state index contributed by atoms with van der Waals surface area (Å²) in [6, 6.07) is 0. The lowest BCUT2D eigenvalue weighted by molar-refractivity contribution is -0.332. The number of fused-ring (bicyclic) bond motifs is 2. The summed E-state index contributed by atoms with van der Waals surface area (Å²) < 4.78 is 18.1. The zero-order valence-electron chi connectivity index (χ0n) is 24.2. The van der Waals surface area contributed by atoms with Crippen LogP contribution in [0, 0.1) is 13.8 Å². The van der Waals surface area contributed by atoms with E-state index in [-0.39, 0.29) is 34.1 Å². The number of hydrogen-bond acceptors (Lipinski definition) is 17. The van der Waals surface area contributed by atoms with E-state index in [0.717, 1.165) is 0 Å². The van der Waals surface area contributed by atoms with Gasteiger partial charge in [0.1, 0.15) is 36.9 Å². The van der Waals surface area contributed by atoms with E-state index in [1.165, 1.54) is 15.3 Å². The van der Waals surface area contributed by atoms with Gasteiger partial charge in [-0.2, -0.15) is 19.5 Å². The number of anilines is 2. The van der Waals surface area contributed by atoms with Crippen LogP contribution in [0.3, 0.4) is 0 Å². The van der Waals surface area contributed by atoms with Crippen molar-refractivity contribution in [1.82, 2.24) is 29.1 Å². The zero-order chi connectivity index (χ0) is 33.6. The number of ether oxygens (including phenoxy) is 2. The van der Waals surface area contributed by atoms with Crippen molar-refractivity contribution in [2.24, 2.45) is 0 Å². The largest absolute Gasteiger partial charge is 0.394 e. The van der Waals surface area contributed by atoms with Crippen molar-refractivity contribution in [3.63, 3.8) is 0 Å². The number of nitrogens with one attached hydrogen (secondary N) is 2. The van der Waals surface area contributed by atoms with Gasteiger partial charge in [-0.25, -0.2) is 0 Å². The molecule has 0 amide bonds. The Morgan fingerprint density at radius 1 is 0.848 bits per heavy atom. The van der Waals surface area contributed by atoms with Crippen molar-refractivity contribution in [3.05, 3.63) is 44.2 Å². The minimum absolute atomic E-state index is 0.0569. The molecule has 4 aromatic rings. The first-order chi connectivity index (χ1) is 21.8. The van der Waals surface area contributed by atoms with Gasteiger partial charge in [0.05, 0.1) is 17.4 Å². The van der Waals surface area contributed by atoms with E-state index in [4.69, 9.17) is 40.9 Å². The van der Waals surface area contributed by atoms with Crippen LogP contribution in [0.25, 0.3) is 22.1 Å². The fourth-order valence-corrected chi connectivity index (χ4v) is 5.49. The zero-order valence-corrected chi connectivity index (χ0v) is 25.1. The highest BCUT2D eigenvalue weighted by atomic mass is 31.2. The number of aliphatic hydroxyl groups excluding tert-OH is 6.